The Balaban J connectivity index is 0.773. The maximum Gasteiger partial charge on any atom is 0.253 e. The Morgan fingerprint density at radius 1 is 0.537 bits per heavy atom. The molecule has 0 aromatic heterocycles. The molecule has 3 aromatic carbocycles. The molecule has 80 heavy (non-hydrogen) atoms. The zero-order valence-corrected chi connectivity index (χ0v) is 47.1. The van der Waals surface area contributed by atoms with Crippen LogP contribution in [0.2, 0.25) is 0 Å². The van der Waals surface area contributed by atoms with Gasteiger partial charge < -0.3 is 61.8 Å². The number of hydrogen-bond acceptors (Lipinski definition) is 14. The van der Waals surface area contributed by atoms with Crippen molar-refractivity contribution in [3.8, 4) is 0 Å². The standard InChI is InChI=1S/C60H84N10O10/c1-35(61-3)55(73)65-47(37-17-7-5-8-18-37)59(77)69-29-15-25-43(69)57(75)67-49-41-23-13-11-21-39(41)33-45(49)79-31-27-63-51-52(54(72)53(51)71)64-28-32-80-46-34-40-22-12-14-24-42(40)50(46)68-58(76)44-26-16-30-70(44)60(78)48(38-19-9-6-10-20-38)66-56(74)36(2)62-4/h11-14,21-24,35-38,43-50,61-64H,5-10,15-20,25-34H2,1-4H3,(H,65,73)(H,66,74)(H,67,75)(H,68,76)/t35-,36-,43-,44-,45+,46+,47-,48-,49-,50-/m0/s1. The van der Waals surface area contributed by atoms with Crippen LogP contribution in [-0.2, 0) is 51.1 Å². The van der Waals surface area contributed by atoms with Crippen molar-refractivity contribution in [2.45, 2.75) is 177 Å². The highest BCUT2D eigenvalue weighted by atomic mass is 16.5. The quantitative estimate of drug-likeness (QED) is 0.0474. The lowest BCUT2D eigenvalue weighted by molar-refractivity contribution is -0.143. The summed E-state index contributed by atoms with van der Waals surface area (Å²) in [5.41, 5.74) is 2.97. The van der Waals surface area contributed by atoms with Crippen LogP contribution in [0.3, 0.4) is 0 Å². The van der Waals surface area contributed by atoms with Gasteiger partial charge >= 0.3 is 0 Å². The van der Waals surface area contributed by atoms with Gasteiger partial charge in [0, 0.05) is 39.0 Å². The highest BCUT2D eigenvalue weighted by Gasteiger charge is 2.45. The van der Waals surface area contributed by atoms with Crippen LogP contribution < -0.4 is 53.4 Å². The summed E-state index contributed by atoms with van der Waals surface area (Å²) >= 11 is 0. The first-order valence-corrected chi connectivity index (χ1v) is 29.6. The summed E-state index contributed by atoms with van der Waals surface area (Å²) in [5.74, 6) is -1.45. The van der Waals surface area contributed by atoms with Gasteiger partial charge in [0.1, 0.15) is 35.5 Å². The first kappa shape index (κ1) is 58.4. The second kappa shape index (κ2) is 27.0. The molecular weight excluding hydrogens is 1020 g/mol. The van der Waals surface area contributed by atoms with Gasteiger partial charge in [-0.25, -0.2) is 0 Å². The van der Waals surface area contributed by atoms with Crippen LogP contribution in [0.25, 0.3) is 0 Å². The van der Waals surface area contributed by atoms with Crippen molar-refractivity contribution in [3.63, 3.8) is 0 Å². The second-order valence-electron chi connectivity index (χ2n) is 23.0. The van der Waals surface area contributed by atoms with E-state index in [1.54, 1.807) is 37.7 Å². The third kappa shape index (κ3) is 13.1. The summed E-state index contributed by atoms with van der Waals surface area (Å²) in [6, 6.07) is 10.9. The van der Waals surface area contributed by atoms with Crippen LogP contribution in [0.4, 0.5) is 11.4 Å². The fraction of sp³-hybridized carbons (Fsp3) is 0.633. The van der Waals surface area contributed by atoms with E-state index in [9.17, 15) is 38.4 Å². The average molecular weight is 1110 g/mol. The van der Waals surface area contributed by atoms with Gasteiger partial charge in [0.25, 0.3) is 10.9 Å². The molecule has 0 bridgehead atoms. The molecule has 6 amide bonds. The molecule has 8 N–H and O–H groups in total. The first-order valence-electron chi connectivity index (χ1n) is 29.6. The normalized spacial score (nSPS) is 24.6. The molecular formula is C60H84N10O10. The minimum absolute atomic E-state index is 0.000237. The third-order valence-corrected chi connectivity index (χ3v) is 18.0. The lowest BCUT2D eigenvalue weighted by Gasteiger charge is -2.35. The fourth-order valence-electron chi connectivity index (χ4n) is 13.2. The number of nitrogens with zero attached hydrogens (tertiary/aromatic N) is 2. The van der Waals surface area contributed by atoms with Gasteiger partial charge in [-0.05, 0) is 113 Å². The van der Waals surface area contributed by atoms with E-state index in [2.05, 4.69) is 42.5 Å². The Morgan fingerprint density at radius 2 is 0.925 bits per heavy atom. The van der Waals surface area contributed by atoms with Gasteiger partial charge in [-0.1, -0.05) is 87.1 Å². The van der Waals surface area contributed by atoms with Crippen molar-refractivity contribution in [3.05, 3.63) is 91.2 Å². The highest BCUT2D eigenvalue weighted by Crippen LogP contribution is 2.37. The number of carbonyl (C=O) groups excluding carboxylic acids is 6. The van der Waals surface area contributed by atoms with Crippen LogP contribution >= 0.6 is 0 Å². The Hall–Kier alpha value is -6.22. The molecule has 434 valence electrons. The summed E-state index contributed by atoms with van der Waals surface area (Å²) in [6.07, 6.45) is 12.1. The zero-order chi connectivity index (χ0) is 56.5. The molecule has 6 aliphatic rings. The number of fused-ring (bicyclic) bond motifs is 2. The average Bonchev–Trinajstić information content (AvgIpc) is 4.39. The van der Waals surface area contributed by atoms with E-state index in [1.165, 1.54) is 0 Å². The Labute approximate surface area is 469 Å². The molecule has 3 aromatic rings. The predicted molar refractivity (Wildman–Crippen MR) is 303 cm³/mol. The molecule has 0 radical (unpaired) electrons. The molecule has 2 aliphatic heterocycles. The number of anilines is 2. The van der Waals surface area contributed by atoms with Crippen LogP contribution in [0, 0.1) is 11.8 Å². The fourth-order valence-corrected chi connectivity index (χ4v) is 13.2. The molecule has 2 saturated carbocycles. The van der Waals surface area contributed by atoms with E-state index in [1.807, 2.05) is 48.5 Å². The van der Waals surface area contributed by atoms with E-state index in [0.717, 1.165) is 86.5 Å². The van der Waals surface area contributed by atoms with E-state index in [0.29, 0.717) is 51.6 Å². The SMILES string of the molecule is CN[C@@H](C)C(=O)N[C@H](C(=O)N1CCC[C@H]1C(=O)N[C@H]1c2ccccc2C[C@H]1OCCNc1c(NCCO[C@@H]2Cc3ccccc3[C@@H]2NC(=O)[C@@H]2CCCN2C(=O)[C@@H](NC(=O)[C@H](C)NC)C2CCCCC2)c(=O)c1=O)C1CCCCC1. The van der Waals surface area contributed by atoms with E-state index < -0.39 is 71.4 Å². The van der Waals surface area contributed by atoms with Gasteiger partial charge in [-0.2, -0.15) is 0 Å². The van der Waals surface area contributed by atoms with E-state index >= 15 is 0 Å². The number of likely N-dealkylation sites (N-methyl/N-ethyl adjacent to an activating group) is 2. The summed E-state index contributed by atoms with van der Waals surface area (Å²) in [4.78, 5) is 113. The topological polar surface area (TPSA) is 258 Å². The number of hydrogen-bond donors (Lipinski definition) is 8. The van der Waals surface area contributed by atoms with Gasteiger partial charge in [-0.3, -0.25) is 38.4 Å². The van der Waals surface area contributed by atoms with Crippen molar-refractivity contribution < 1.29 is 38.2 Å². The number of likely N-dealkylation sites (tertiary alicyclic amines) is 2. The number of ether oxygens (including phenoxy) is 2. The maximum absolute atomic E-state index is 14.4. The van der Waals surface area contributed by atoms with Crippen LogP contribution in [0.5, 0.6) is 0 Å². The van der Waals surface area contributed by atoms with Crippen LogP contribution in [0.15, 0.2) is 58.1 Å². The second-order valence-corrected chi connectivity index (χ2v) is 23.0. The summed E-state index contributed by atoms with van der Waals surface area (Å²) in [5, 5.41) is 24.7. The smallest absolute Gasteiger partial charge is 0.253 e. The highest BCUT2D eigenvalue weighted by molar-refractivity contribution is 5.95. The molecule has 4 aliphatic carbocycles. The molecule has 4 fully saturated rings. The molecule has 0 unspecified atom stereocenters. The van der Waals surface area contributed by atoms with Crippen molar-refractivity contribution in [1.82, 2.24) is 41.7 Å². The van der Waals surface area contributed by atoms with Gasteiger partial charge in [0.2, 0.25) is 35.4 Å². The Morgan fingerprint density at radius 3 is 1.31 bits per heavy atom. The molecule has 10 atom stereocenters. The number of rotatable bonds is 24. The van der Waals surface area contributed by atoms with Gasteiger partial charge in [0.15, 0.2) is 0 Å². The van der Waals surface area contributed by atoms with Crippen LogP contribution in [0.1, 0.15) is 138 Å². The molecule has 20 heteroatoms. The molecule has 0 spiro atoms. The Bertz CT molecular complexity index is 2570. The molecule has 2 saturated heterocycles. The van der Waals surface area contributed by atoms with Crippen molar-refractivity contribution in [2.24, 2.45) is 11.8 Å². The van der Waals surface area contributed by atoms with Crippen molar-refractivity contribution in [1.29, 1.82) is 0 Å². The lowest BCUT2D eigenvalue weighted by Crippen LogP contribution is -2.58. The third-order valence-electron chi connectivity index (χ3n) is 18.0. The molecule has 9 rings (SSSR count). The minimum atomic E-state index is -0.708. The van der Waals surface area contributed by atoms with E-state index in [-0.39, 0.29) is 85.0 Å². The van der Waals surface area contributed by atoms with Gasteiger partial charge in [0.05, 0.1) is 49.6 Å². The number of benzene rings is 2. The minimum Gasteiger partial charge on any atom is -0.378 e. The lowest BCUT2D eigenvalue weighted by atomic mass is 9.83. The zero-order valence-electron chi connectivity index (χ0n) is 47.1. The van der Waals surface area contributed by atoms with Crippen LogP contribution in [-0.4, -0.2) is 147 Å². The Kier molecular flexibility index (Phi) is 19.7. The van der Waals surface area contributed by atoms with Crippen molar-refractivity contribution in [2.75, 3.05) is 64.1 Å². The maximum atomic E-state index is 14.4. The first-order chi connectivity index (χ1) is 38.8. The number of amides is 6. The summed E-state index contributed by atoms with van der Waals surface area (Å²) in [7, 11) is 3.42. The van der Waals surface area contributed by atoms with E-state index in [4.69, 9.17) is 9.47 Å². The summed E-state index contributed by atoms with van der Waals surface area (Å²) < 4.78 is 12.9. The summed E-state index contributed by atoms with van der Waals surface area (Å²) in [6.45, 7) is 5.08. The molecule has 20 nitrogen and oxygen atoms in total. The predicted octanol–water partition coefficient (Wildman–Crippen LogP) is 3.03. The molecule has 2 heterocycles. The number of nitrogens with one attached hydrogen (secondary N) is 8. The van der Waals surface area contributed by atoms with Gasteiger partial charge in [-0.15, -0.1) is 0 Å². The monoisotopic (exact) mass is 1100 g/mol. The number of carbonyl (C=O) groups is 6. The van der Waals surface area contributed by atoms with Crippen molar-refractivity contribution >= 4 is 46.8 Å². The largest absolute Gasteiger partial charge is 0.378 e.